The molecule has 0 aliphatic carbocycles. The standard InChI is InChI=1S/C21H24FN3O2/c1-23-21(27)25-11-3-6-18(14-25)16-4-2-5-17(12-16)20(26)24-13-15-7-9-19(22)10-8-15/h2,4-5,7-10,12,18H,3,6,11,13-14H2,1H3,(H,23,27)(H,24,26). The van der Waals surface area contributed by atoms with Gasteiger partial charge in [0.15, 0.2) is 0 Å². The van der Waals surface area contributed by atoms with Gasteiger partial charge >= 0.3 is 6.03 Å². The molecule has 1 fully saturated rings. The molecule has 1 atom stereocenters. The summed E-state index contributed by atoms with van der Waals surface area (Å²) in [6.45, 7) is 1.76. The number of amides is 3. The molecule has 0 aromatic heterocycles. The number of nitrogens with one attached hydrogen (secondary N) is 2. The molecule has 1 unspecified atom stereocenters. The van der Waals surface area contributed by atoms with Gasteiger partial charge in [0, 0.05) is 38.2 Å². The van der Waals surface area contributed by atoms with E-state index in [0.717, 1.165) is 30.5 Å². The zero-order chi connectivity index (χ0) is 19.2. The van der Waals surface area contributed by atoms with Gasteiger partial charge in [-0.2, -0.15) is 0 Å². The van der Waals surface area contributed by atoms with Crippen molar-refractivity contribution >= 4 is 11.9 Å². The van der Waals surface area contributed by atoms with Gasteiger partial charge in [-0.3, -0.25) is 4.79 Å². The summed E-state index contributed by atoms with van der Waals surface area (Å²) in [5.74, 6) is -0.239. The largest absolute Gasteiger partial charge is 0.348 e. The number of halogens is 1. The predicted octanol–water partition coefficient (Wildman–Crippen LogP) is 3.27. The Morgan fingerprint density at radius 2 is 1.96 bits per heavy atom. The highest BCUT2D eigenvalue weighted by molar-refractivity contribution is 5.94. The number of benzene rings is 2. The lowest BCUT2D eigenvalue weighted by atomic mass is 9.89. The van der Waals surface area contributed by atoms with Crippen molar-refractivity contribution in [1.82, 2.24) is 15.5 Å². The fourth-order valence-electron chi connectivity index (χ4n) is 3.41. The van der Waals surface area contributed by atoms with Crippen molar-refractivity contribution in [3.8, 4) is 0 Å². The Morgan fingerprint density at radius 3 is 2.70 bits per heavy atom. The lowest BCUT2D eigenvalue weighted by Crippen LogP contribution is -2.43. The molecule has 0 radical (unpaired) electrons. The maximum Gasteiger partial charge on any atom is 0.317 e. The van der Waals surface area contributed by atoms with Crippen molar-refractivity contribution in [3.63, 3.8) is 0 Å². The summed E-state index contributed by atoms with van der Waals surface area (Å²) in [5.41, 5.74) is 2.50. The molecule has 2 N–H and O–H groups in total. The summed E-state index contributed by atoms with van der Waals surface area (Å²) in [7, 11) is 1.64. The molecule has 6 heteroatoms. The van der Waals surface area contributed by atoms with Crippen LogP contribution in [0.4, 0.5) is 9.18 Å². The summed E-state index contributed by atoms with van der Waals surface area (Å²) in [4.78, 5) is 26.2. The molecule has 0 spiro atoms. The number of piperidine rings is 1. The van der Waals surface area contributed by atoms with E-state index in [4.69, 9.17) is 0 Å². The second-order valence-corrected chi connectivity index (χ2v) is 6.77. The van der Waals surface area contributed by atoms with Gasteiger partial charge in [0.05, 0.1) is 0 Å². The van der Waals surface area contributed by atoms with E-state index in [9.17, 15) is 14.0 Å². The molecule has 2 aromatic rings. The monoisotopic (exact) mass is 369 g/mol. The van der Waals surface area contributed by atoms with E-state index in [0.29, 0.717) is 18.7 Å². The van der Waals surface area contributed by atoms with Gasteiger partial charge < -0.3 is 15.5 Å². The van der Waals surface area contributed by atoms with Crippen molar-refractivity contribution < 1.29 is 14.0 Å². The van der Waals surface area contributed by atoms with Gasteiger partial charge in [-0.25, -0.2) is 9.18 Å². The lowest BCUT2D eigenvalue weighted by Gasteiger charge is -2.32. The normalized spacial score (nSPS) is 16.7. The Hall–Kier alpha value is -2.89. The third-order valence-electron chi connectivity index (χ3n) is 4.91. The van der Waals surface area contributed by atoms with Crippen molar-refractivity contribution in [2.45, 2.75) is 25.3 Å². The summed E-state index contributed by atoms with van der Waals surface area (Å²) in [5, 5.41) is 5.54. The van der Waals surface area contributed by atoms with Gasteiger partial charge in [0.1, 0.15) is 5.82 Å². The van der Waals surface area contributed by atoms with Gasteiger partial charge in [0.2, 0.25) is 0 Å². The van der Waals surface area contributed by atoms with E-state index in [1.165, 1.54) is 12.1 Å². The first-order chi connectivity index (χ1) is 13.1. The minimum absolute atomic E-state index is 0.0621. The van der Waals surface area contributed by atoms with E-state index in [2.05, 4.69) is 10.6 Å². The molecule has 27 heavy (non-hydrogen) atoms. The minimum atomic E-state index is -0.295. The van der Waals surface area contributed by atoms with Crippen molar-refractivity contribution in [2.24, 2.45) is 0 Å². The van der Waals surface area contributed by atoms with Crippen LogP contribution in [0.3, 0.4) is 0 Å². The molecule has 0 bridgehead atoms. The molecular formula is C21H24FN3O2. The molecular weight excluding hydrogens is 345 g/mol. The van der Waals surface area contributed by atoms with E-state index in [-0.39, 0.29) is 23.7 Å². The molecule has 142 valence electrons. The van der Waals surface area contributed by atoms with Crippen LogP contribution in [0, 0.1) is 5.82 Å². The first-order valence-electron chi connectivity index (χ1n) is 9.16. The summed E-state index contributed by atoms with van der Waals surface area (Å²) < 4.78 is 13.0. The molecule has 2 aromatic carbocycles. The summed E-state index contributed by atoms with van der Waals surface area (Å²) >= 11 is 0. The minimum Gasteiger partial charge on any atom is -0.348 e. The second-order valence-electron chi connectivity index (χ2n) is 6.77. The highest BCUT2D eigenvalue weighted by Crippen LogP contribution is 2.27. The van der Waals surface area contributed by atoms with Gasteiger partial charge in [-0.1, -0.05) is 24.3 Å². The van der Waals surface area contributed by atoms with Crippen molar-refractivity contribution in [1.29, 1.82) is 0 Å². The van der Waals surface area contributed by atoms with Gasteiger partial charge in [0.25, 0.3) is 5.91 Å². The Morgan fingerprint density at radius 1 is 1.19 bits per heavy atom. The molecule has 1 aliphatic heterocycles. The molecule has 1 aliphatic rings. The zero-order valence-corrected chi connectivity index (χ0v) is 15.4. The molecule has 5 nitrogen and oxygen atoms in total. The molecule has 0 saturated carbocycles. The first kappa shape index (κ1) is 18.9. The predicted molar refractivity (Wildman–Crippen MR) is 102 cm³/mol. The van der Waals surface area contributed by atoms with Crippen LogP contribution in [0.2, 0.25) is 0 Å². The summed E-state index contributed by atoms with van der Waals surface area (Å²) in [6.07, 6.45) is 1.94. The smallest absolute Gasteiger partial charge is 0.317 e. The number of likely N-dealkylation sites (tertiary alicyclic amines) is 1. The van der Waals surface area contributed by atoms with Crippen LogP contribution in [0.15, 0.2) is 48.5 Å². The number of hydrogen-bond acceptors (Lipinski definition) is 2. The fourth-order valence-corrected chi connectivity index (χ4v) is 3.41. The Kier molecular flexibility index (Phi) is 6.06. The third kappa shape index (κ3) is 4.84. The average molecular weight is 369 g/mol. The van der Waals surface area contributed by atoms with Crippen LogP contribution in [0.25, 0.3) is 0 Å². The Labute approximate surface area is 158 Å². The number of rotatable bonds is 4. The number of nitrogens with zero attached hydrogens (tertiary/aromatic N) is 1. The molecule has 3 amide bonds. The number of hydrogen-bond donors (Lipinski definition) is 2. The van der Waals surface area contributed by atoms with Gasteiger partial charge in [-0.15, -0.1) is 0 Å². The quantitative estimate of drug-likeness (QED) is 0.869. The van der Waals surface area contributed by atoms with Crippen LogP contribution < -0.4 is 10.6 Å². The number of carbonyl (C=O) groups excluding carboxylic acids is 2. The maximum atomic E-state index is 13.0. The first-order valence-corrected chi connectivity index (χ1v) is 9.16. The highest BCUT2D eigenvalue weighted by atomic mass is 19.1. The highest BCUT2D eigenvalue weighted by Gasteiger charge is 2.24. The second kappa shape index (κ2) is 8.66. The van der Waals surface area contributed by atoms with Crippen LogP contribution in [0.1, 0.15) is 40.2 Å². The van der Waals surface area contributed by atoms with Crippen molar-refractivity contribution in [3.05, 3.63) is 71.0 Å². The van der Waals surface area contributed by atoms with Crippen LogP contribution in [0.5, 0.6) is 0 Å². The SMILES string of the molecule is CNC(=O)N1CCCC(c2cccc(C(=O)NCc3ccc(F)cc3)c2)C1. The maximum absolute atomic E-state index is 13.0. The summed E-state index contributed by atoms with van der Waals surface area (Å²) in [6, 6.07) is 13.6. The van der Waals surface area contributed by atoms with E-state index < -0.39 is 0 Å². The average Bonchev–Trinajstić information content (AvgIpc) is 2.72. The van der Waals surface area contributed by atoms with Crippen molar-refractivity contribution in [2.75, 3.05) is 20.1 Å². The number of carbonyl (C=O) groups is 2. The molecule has 1 heterocycles. The van der Waals surface area contributed by atoms with Crippen LogP contribution >= 0.6 is 0 Å². The van der Waals surface area contributed by atoms with Gasteiger partial charge in [-0.05, 0) is 48.2 Å². The topological polar surface area (TPSA) is 61.4 Å². The third-order valence-corrected chi connectivity index (χ3v) is 4.91. The molecule has 3 rings (SSSR count). The Balaban J connectivity index is 1.64. The molecule has 1 saturated heterocycles. The van der Waals surface area contributed by atoms with Crippen LogP contribution in [-0.4, -0.2) is 37.0 Å². The fraction of sp³-hybridized carbons (Fsp3) is 0.333. The van der Waals surface area contributed by atoms with E-state index >= 15 is 0 Å². The van der Waals surface area contributed by atoms with Crippen LogP contribution in [-0.2, 0) is 6.54 Å². The lowest BCUT2D eigenvalue weighted by molar-refractivity contribution is 0.0950. The van der Waals surface area contributed by atoms with E-state index in [1.807, 2.05) is 23.1 Å². The zero-order valence-electron chi connectivity index (χ0n) is 15.4. The van der Waals surface area contributed by atoms with E-state index in [1.54, 1.807) is 25.2 Å². The number of urea groups is 1. The Bertz CT molecular complexity index is 807.